The van der Waals surface area contributed by atoms with Gasteiger partial charge >= 0.3 is 0 Å². The SMILES string of the molecule is Cc1ccc([C@@H](CNC(=O)c2ccccc2Cl)N2CCCCC2)cc1. The maximum absolute atomic E-state index is 12.5. The Balaban J connectivity index is 1.74. The van der Waals surface area contributed by atoms with Gasteiger partial charge in [0.2, 0.25) is 0 Å². The van der Waals surface area contributed by atoms with Gasteiger partial charge in [-0.25, -0.2) is 0 Å². The highest BCUT2D eigenvalue weighted by atomic mass is 35.5. The number of hydrogen-bond acceptors (Lipinski definition) is 2. The second-order valence-corrected chi connectivity index (χ2v) is 7.12. The number of piperidine rings is 1. The van der Waals surface area contributed by atoms with Gasteiger partial charge in [0.15, 0.2) is 0 Å². The van der Waals surface area contributed by atoms with Crippen LogP contribution in [0.1, 0.15) is 46.8 Å². The van der Waals surface area contributed by atoms with Gasteiger partial charge in [0, 0.05) is 6.54 Å². The molecule has 0 aromatic heterocycles. The minimum atomic E-state index is -0.111. The van der Waals surface area contributed by atoms with E-state index in [0.717, 1.165) is 13.1 Å². The summed E-state index contributed by atoms with van der Waals surface area (Å²) >= 11 is 6.15. The average molecular weight is 357 g/mol. The normalized spacial score (nSPS) is 16.4. The number of nitrogens with zero attached hydrogens (tertiary/aromatic N) is 1. The van der Waals surface area contributed by atoms with Crippen LogP contribution in [0.3, 0.4) is 0 Å². The summed E-state index contributed by atoms with van der Waals surface area (Å²) in [6.07, 6.45) is 3.74. The van der Waals surface area contributed by atoms with Gasteiger partial charge in [-0.1, -0.05) is 60.0 Å². The van der Waals surface area contributed by atoms with Crippen LogP contribution in [0, 0.1) is 6.92 Å². The minimum absolute atomic E-state index is 0.111. The van der Waals surface area contributed by atoms with Crippen LogP contribution in [-0.2, 0) is 0 Å². The number of likely N-dealkylation sites (tertiary alicyclic amines) is 1. The van der Waals surface area contributed by atoms with E-state index in [2.05, 4.69) is 41.4 Å². The molecule has 1 saturated heterocycles. The fraction of sp³-hybridized carbons (Fsp3) is 0.381. The van der Waals surface area contributed by atoms with E-state index in [-0.39, 0.29) is 11.9 Å². The van der Waals surface area contributed by atoms with Crippen molar-refractivity contribution in [3.63, 3.8) is 0 Å². The zero-order valence-corrected chi connectivity index (χ0v) is 15.4. The van der Waals surface area contributed by atoms with Crippen molar-refractivity contribution >= 4 is 17.5 Å². The molecule has 1 heterocycles. The maximum Gasteiger partial charge on any atom is 0.252 e. The Labute approximate surface area is 155 Å². The second kappa shape index (κ2) is 8.50. The molecular formula is C21H25ClN2O. The third-order valence-corrected chi connectivity index (χ3v) is 5.20. The van der Waals surface area contributed by atoms with E-state index in [9.17, 15) is 4.79 Å². The van der Waals surface area contributed by atoms with Crippen molar-refractivity contribution in [3.05, 3.63) is 70.2 Å². The summed E-state index contributed by atoms with van der Waals surface area (Å²) in [5, 5.41) is 3.58. The predicted octanol–water partition coefficient (Wildman–Crippen LogP) is 4.61. The molecule has 1 aliphatic rings. The number of carbonyl (C=O) groups excluding carboxylic acids is 1. The third-order valence-electron chi connectivity index (χ3n) is 4.87. The van der Waals surface area contributed by atoms with E-state index < -0.39 is 0 Å². The zero-order valence-electron chi connectivity index (χ0n) is 14.7. The summed E-state index contributed by atoms with van der Waals surface area (Å²) < 4.78 is 0. The molecule has 1 N–H and O–H groups in total. The Bertz CT molecular complexity index is 708. The number of amides is 1. The Morgan fingerprint density at radius 2 is 1.76 bits per heavy atom. The first-order chi connectivity index (χ1) is 12.1. The molecule has 0 spiro atoms. The molecule has 25 heavy (non-hydrogen) atoms. The number of hydrogen-bond donors (Lipinski definition) is 1. The fourth-order valence-corrected chi connectivity index (χ4v) is 3.63. The number of nitrogens with one attached hydrogen (secondary N) is 1. The largest absolute Gasteiger partial charge is 0.350 e. The smallest absolute Gasteiger partial charge is 0.252 e. The van der Waals surface area contributed by atoms with Gasteiger partial charge in [0.25, 0.3) is 5.91 Å². The van der Waals surface area contributed by atoms with Crippen molar-refractivity contribution in [1.82, 2.24) is 10.2 Å². The highest BCUT2D eigenvalue weighted by Gasteiger charge is 2.23. The standard InChI is InChI=1S/C21H25ClN2O/c1-16-9-11-17(12-10-16)20(24-13-5-2-6-14-24)15-23-21(25)18-7-3-4-8-19(18)22/h3-4,7-12,20H,2,5-6,13-15H2,1H3,(H,23,25)/t20-/m1/s1. The number of benzene rings is 2. The lowest BCUT2D eigenvalue weighted by molar-refractivity contribution is 0.0924. The molecular weight excluding hydrogens is 332 g/mol. The summed E-state index contributed by atoms with van der Waals surface area (Å²) in [4.78, 5) is 15.0. The lowest BCUT2D eigenvalue weighted by atomic mass is 10.0. The second-order valence-electron chi connectivity index (χ2n) is 6.71. The Hall–Kier alpha value is -1.84. The number of carbonyl (C=O) groups is 1. The van der Waals surface area contributed by atoms with Crippen LogP contribution in [0.5, 0.6) is 0 Å². The van der Waals surface area contributed by atoms with Crippen molar-refractivity contribution in [2.24, 2.45) is 0 Å². The third kappa shape index (κ3) is 4.62. The van der Waals surface area contributed by atoms with Crippen molar-refractivity contribution in [3.8, 4) is 0 Å². The molecule has 0 aliphatic carbocycles. The molecule has 132 valence electrons. The quantitative estimate of drug-likeness (QED) is 0.848. The molecule has 1 fully saturated rings. The average Bonchev–Trinajstić information content (AvgIpc) is 2.64. The van der Waals surface area contributed by atoms with Crippen LogP contribution >= 0.6 is 11.6 Å². The van der Waals surface area contributed by atoms with Crippen molar-refractivity contribution in [2.45, 2.75) is 32.2 Å². The summed E-state index contributed by atoms with van der Waals surface area (Å²) in [5.41, 5.74) is 3.04. The first-order valence-electron chi connectivity index (χ1n) is 8.98. The molecule has 0 unspecified atom stereocenters. The van der Waals surface area contributed by atoms with Crippen molar-refractivity contribution < 1.29 is 4.79 Å². The van der Waals surface area contributed by atoms with Gasteiger partial charge in [0.05, 0.1) is 16.6 Å². The first-order valence-corrected chi connectivity index (χ1v) is 9.36. The molecule has 1 atom stereocenters. The van der Waals surface area contributed by atoms with Gasteiger partial charge in [-0.3, -0.25) is 9.69 Å². The van der Waals surface area contributed by atoms with Crippen molar-refractivity contribution in [1.29, 1.82) is 0 Å². The van der Waals surface area contributed by atoms with E-state index in [4.69, 9.17) is 11.6 Å². The fourth-order valence-electron chi connectivity index (χ4n) is 3.41. The summed E-state index contributed by atoms with van der Waals surface area (Å²) in [6.45, 7) is 4.85. The molecule has 2 aromatic rings. The lowest BCUT2D eigenvalue weighted by Gasteiger charge is -2.35. The van der Waals surface area contributed by atoms with Crippen LogP contribution in [0.25, 0.3) is 0 Å². The number of rotatable bonds is 5. The molecule has 0 bridgehead atoms. The topological polar surface area (TPSA) is 32.3 Å². The van der Waals surface area contributed by atoms with Crippen molar-refractivity contribution in [2.75, 3.05) is 19.6 Å². The Morgan fingerprint density at radius 3 is 2.44 bits per heavy atom. The first kappa shape index (κ1) is 18.0. The molecule has 1 amide bonds. The molecule has 0 radical (unpaired) electrons. The summed E-state index contributed by atoms with van der Waals surface area (Å²) in [7, 11) is 0. The molecule has 1 aliphatic heterocycles. The predicted molar refractivity (Wildman–Crippen MR) is 103 cm³/mol. The summed E-state index contributed by atoms with van der Waals surface area (Å²) in [5.74, 6) is -0.111. The van der Waals surface area contributed by atoms with Gasteiger partial charge in [0.1, 0.15) is 0 Å². The van der Waals surface area contributed by atoms with Gasteiger partial charge < -0.3 is 5.32 Å². The summed E-state index contributed by atoms with van der Waals surface area (Å²) in [6, 6.07) is 16.0. The number of aryl methyl sites for hydroxylation is 1. The Kier molecular flexibility index (Phi) is 6.11. The highest BCUT2D eigenvalue weighted by Crippen LogP contribution is 2.25. The van der Waals surface area contributed by atoms with Gasteiger partial charge in [-0.15, -0.1) is 0 Å². The van der Waals surface area contributed by atoms with Crippen LogP contribution in [0.15, 0.2) is 48.5 Å². The highest BCUT2D eigenvalue weighted by molar-refractivity contribution is 6.33. The van der Waals surface area contributed by atoms with Gasteiger partial charge in [-0.05, 0) is 50.6 Å². The lowest BCUT2D eigenvalue weighted by Crippen LogP contribution is -2.40. The Morgan fingerprint density at radius 1 is 1.08 bits per heavy atom. The van der Waals surface area contributed by atoms with Crippen LogP contribution in [-0.4, -0.2) is 30.4 Å². The monoisotopic (exact) mass is 356 g/mol. The molecule has 4 heteroatoms. The van der Waals surface area contributed by atoms with E-state index in [1.165, 1.54) is 30.4 Å². The van der Waals surface area contributed by atoms with E-state index in [1.807, 2.05) is 12.1 Å². The molecule has 3 nitrogen and oxygen atoms in total. The van der Waals surface area contributed by atoms with Crippen LogP contribution < -0.4 is 5.32 Å². The van der Waals surface area contributed by atoms with E-state index >= 15 is 0 Å². The van der Waals surface area contributed by atoms with Gasteiger partial charge in [-0.2, -0.15) is 0 Å². The van der Waals surface area contributed by atoms with Crippen LogP contribution in [0.4, 0.5) is 0 Å². The maximum atomic E-state index is 12.5. The number of halogens is 1. The molecule has 0 saturated carbocycles. The van der Waals surface area contributed by atoms with E-state index in [0.29, 0.717) is 17.1 Å². The minimum Gasteiger partial charge on any atom is -0.350 e. The zero-order chi connectivity index (χ0) is 17.6. The van der Waals surface area contributed by atoms with Crippen LogP contribution in [0.2, 0.25) is 5.02 Å². The molecule has 3 rings (SSSR count). The molecule has 2 aromatic carbocycles. The van der Waals surface area contributed by atoms with E-state index in [1.54, 1.807) is 12.1 Å².